The second-order valence-electron chi connectivity index (χ2n) is 5.70. The highest BCUT2D eigenvalue weighted by Gasteiger charge is 2.26. The average Bonchev–Trinajstić information content (AvgIpc) is 2.70. The molecule has 1 aromatic carbocycles. The van der Waals surface area contributed by atoms with Crippen molar-refractivity contribution in [3.63, 3.8) is 0 Å². The van der Waals surface area contributed by atoms with Gasteiger partial charge < -0.3 is 9.64 Å². The minimum absolute atomic E-state index is 0.0890. The molecule has 2 aromatic rings. The Kier molecular flexibility index (Phi) is 3.88. The van der Waals surface area contributed by atoms with E-state index in [9.17, 15) is 4.79 Å². The number of methoxy groups -OCH3 is 1. The van der Waals surface area contributed by atoms with E-state index in [1.54, 1.807) is 7.11 Å². The molecule has 1 aromatic heterocycles. The van der Waals surface area contributed by atoms with E-state index in [1.807, 2.05) is 47.8 Å². The average molecular weight is 299 g/mol. The Bertz CT molecular complexity index is 706. The van der Waals surface area contributed by atoms with Crippen molar-refractivity contribution in [1.29, 1.82) is 0 Å². The lowest BCUT2D eigenvalue weighted by atomic mass is 10.1. The van der Waals surface area contributed by atoms with Gasteiger partial charge in [0, 0.05) is 24.7 Å². The molecule has 0 unspecified atom stereocenters. The van der Waals surface area contributed by atoms with Gasteiger partial charge in [-0.15, -0.1) is 5.10 Å². The van der Waals surface area contributed by atoms with Crippen LogP contribution >= 0.6 is 0 Å². The number of fused-ring (bicyclic) bond motifs is 1. The Morgan fingerprint density at radius 1 is 1.32 bits per heavy atom. The molecule has 116 valence electrons. The van der Waals surface area contributed by atoms with Crippen LogP contribution in [0.2, 0.25) is 0 Å². The molecule has 0 N–H and O–H groups in total. The predicted octanol–water partition coefficient (Wildman–Crippen LogP) is 2.33. The van der Waals surface area contributed by atoms with E-state index in [-0.39, 0.29) is 5.91 Å². The molecule has 0 saturated carbocycles. The van der Waals surface area contributed by atoms with Crippen LogP contribution in [0.3, 0.4) is 0 Å². The van der Waals surface area contributed by atoms with Crippen molar-refractivity contribution in [1.82, 2.24) is 14.7 Å². The fourth-order valence-electron chi connectivity index (χ4n) is 3.05. The zero-order valence-electron chi connectivity index (χ0n) is 13.3. The van der Waals surface area contributed by atoms with Crippen LogP contribution in [0.25, 0.3) is 0 Å². The van der Waals surface area contributed by atoms with Crippen molar-refractivity contribution in [3.05, 3.63) is 46.6 Å². The van der Waals surface area contributed by atoms with E-state index in [2.05, 4.69) is 5.10 Å². The molecule has 0 aliphatic carbocycles. The molecule has 5 heteroatoms. The van der Waals surface area contributed by atoms with Gasteiger partial charge in [-0.3, -0.25) is 9.48 Å². The maximum Gasteiger partial charge on any atom is 0.254 e. The molecule has 1 aliphatic heterocycles. The van der Waals surface area contributed by atoms with Crippen LogP contribution in [-0.4, -0.2) is 34.2 Å². The molecule has 0 fully saturated rings. The number of aromatic nitrogens is 2. The summed E-state index contributed by atoms with van der Waals surface area (Å²) >= 11 is 0. The van der Waals surface area contributed by atoms with Crippen LogP contribution < -0.4 is 4.74 Å². The highest BCUT2D eigenvalue weighted by molar-refractivity contribution is 5.95. The molecule has 0 atom stereocenters. The number of ether oxygens (including phenoxy) is 1. The summed E-state index contributed by atoms with van der Waals surface area (Å²) in [6.45, 7) is 3.31. The number of carbonyl (C=O) groups is 1. The van der Waals surface area contributed by atoms with E-state index < -0.39 is 0 Å². The zero-order chi connectivity index (χ0) is 15.7. The normalized spacial score (nSPS) is 14.4. The number of carbonyl (C=O) groups excluding carboxylic acids is 1. The van der Waals surface area contributed by atoms with Gasteiger partial charge in [0.25, 0.3) is 5.91 Å². The Hall–Kier alpha value is -2.30. The first-order valence-corrected chi connectivity index (χ1v) is 7.55. The van der Waals surface area contributed by atoms with Gasteiger partial charge in [0.05, 0.1) is 19.3 Å². The second-order valence-corrected chi connectivity index (χ2v) is 5.70. The first kappa shape index (κ1) is 14.6. The van der Waals surface area contributed by atoms with Gasteiger partial charge in [-0.25, -0.2) is 0 Å². The third kappa shape index (κ3) is 2.47. The summed E-state index contributed by atoms with van der Waals surface area (Å²) in [5.41, 5.74) is 3.99. The molecule has 0 spiro atoms. The number of rotatable bonds is 2. The third-order valence-electron chi connectivity index (χ3n) is 4.29. The van der Waals surface area contributed by atoms with E-state index >= 15 is 0 Å². The number of amides is 1. The minimum Gasteiger partial charge on any atom is -0.480 e. The first-order chi connectivity index (χ1) is 10.6. The molecule has 3 rings (SSSR count). The molecule has 0 saturated heterocycles. The number of hydrogen-bond donors (Lipinski definition) is 0. The number of benzene rings is 1. The molecule has 1 amide bonds. The fraction of sp³-hybridized carbons (Fsp3) is 0.412. The summed E-state index contributed by atoms with van der Waals surface area (Å²) in [4.78, 5) is 14.7. The Balaban J connectivity index is 1.92. The van der Waals surface area contributed by atoms with Gasteiger partial charge in [0.2, 0.25) is 5.88 Å². The number of aryl methyl sites for hydroxylation is 2. The van der Waals surface area contributed by atoms with Crippen LogP contribution in [-0.2, 0) is 20.0 Å². The maximum absolute atomic E-state index is 12.8. The fourth-order valence-corrected chi connectivity index (χ4v) is 3.05. The molecule has 0 radical (unpaired) electrons. The summed E-state index contributed by atoms with van der Waals surface area (Å²) in [5, 5.41) is 4.39. The number of nitrogens with zero attached hydrogens (tertiary/aromatic N) is 3. The molecule has 5 nitrogen and oxygen atoms in total. The van der Waals surface area contributed by atoms with Crippen molar-refractivity contribution >= 4 is 5.91 Å². The van der Waals surface area contributed by atoms with E-state index in [0.717, 1.165) is 41.8 Å². The van der Waals surface area contributed by atoms with Crippen LogP contribution in [0.1, 0.15) is 33.6 Å². The van der Waals surface area contributed by atoms with Gasteiger partial charge in [-0.2, -0.15) is 0 Å². The molecule has 0 bridgehead atoms. The summed E-state index contributed by atoms with van der Waals surface area (Å²) in [6.07, 6.45) is 1.82. The van der Waals surface area contributed by atoms with E-state index in [4.69, 9.17) is 4.74 Å². The Labute approximate surface area is 130 Å². The Morgan fingerprint density at radius 3 is 2.82 bits per heavy atom. The topological polar surface area (TPSA) is 47.4 Å². The standard InChI is InChI=1S/C17H21N3O2/c1-12-7-4-5-8-13(12)17(21)20-10-6-9-14-15(11-20)19(2)18-16(14)22-3/h4-5,7-8H,6,9-11H2,1-3H3. The molecule has 22 heavy (non-hydrogen) atoms. The smallest absolute Gasteiger partial charge is 0.254 e. The van der Waals surface area contributed by atoms with Gasteiger partial charge in [0.15, 0.2) is 0 Å². The van der Waals surface area contributed by atoms with Crippen molar-refractivity contribution < 1.29 is 9.53 Å². The summed E-state index contributed by atoms with van der Waals surface area (Å²) in [5.74, 6) is 0.772. The molecular formula is C17H21N3O2. The number of hydrogen-bond acceptors (Lipinski definition) is 3. The van der Waals surface area contributed by atoms with E-state index in [0.29, 0.717) is 12.4 Å². The van der Waals surface area contributed by atoms with Crippen LogP contribution in [0.15, 0.2) is 24.3 Å². The lowest BCUT2D eigenvalue weighted by Gasteiger charge is -2.21. The Morgan fingerprint density at radius 2 is 2.09 bits per heavy atom. The maximum atomic E-state index is 12.8. The third-order valence-corrected chi connectivity index (χ3v) is 4.29. The second kappa shape index (κ2) is 5.83. The van der Waals surface area contributed by atoms with Gasteiger partial charge in [-0.05, 0) is 31.4 Å². The van der Waals surface area contributed by atoms with Gasteiger partial charge >= 0.3 is 0 Å². The first-order valence-electron chi connectivity index (χ1n) is 7.55. The summed E-state index contributed by atoms with van der Waals surface area (Å²) < 4.78 is 7.18. The SMILES string of the molecule is COc1nn(C)c2c1CCCN(C(=O)c1ccccc1C)C2. The lowest BCUT2D eigenvalue weighted by molar-refractivity contribution is 0.0741. The largest absolute Gasteiger partial charge is 0.480 e. The van der Waals surface area contributed by atoms with Gasteiger partial charge in [-0.1, -0.05) is 18.2 Å². The quantitative estimate of drug-likeness (QED) is 0.855. The predicted molar refractivity (Wildman–Crippen MR) is 84.0 cm³/mol. The van der Waals surface area contributed by atoms with Gasteiger partial charge in [0.1, 0.15) is 0 Å². The van der Waals surface area contributed by atoms with Crippen molar-refractivity contribution in [2.45, 2.75) is 26.3 Å². The highest BCUT2D eigenvalue weighted by atomic mass is 16.5. The van der Waals surface area contributed by atoms with Crippen molar-refractivity contribution in [2.75, 3.05) is 13.7 Å². The molecule has 1 aliphatic rings. The highest BCUT2D eigenvalue weighted by Crippen LogP contribution is 2.27. The summed E-state index contributed by atoms with van der Waals surface area (Å²) in [6, 6.07) is 7.74. The summed E-state index contributed by atoms with van der Waals surface area (Å²) in [7, 11) is 3.55. The lowest BCUT2D eigenvalue weighted by Crippen LogP contribution is -2.31. The molecule has 2 heterocycles. The van der Waals surface area contributed by atoms with E-state index in [1.165, 1.54) is 0 Å². The van der Waals surface area contributed by atoms with Crippen molar-refractivity contribution in [3.8, 4) is 5.88 Å². The van der Waals surface area contributed by atoms with Crippen LogP contribution in [0.4, 0.5) is 0 Å². The minimum atomic E-state index is 0.0890. The molecular weight excluding hydrogens is 278 g/mol. The monoisotopic (exact) mass is 299 g/mol. The zero-order valence-corrected chi connectivity index (χ0v) is 13.3. The van der Waals surface area contributed by atoms with Crippen LogP contribution in [0, 0.1) is 6.92 Å². The van der Waals surface area contributed by atoms with Crippen molar-refractivity contribution in [2.24, 2.45) is 7.05 Å². The van der Waals surface area contributed by atoms with Crippen LogP contribution in [0.5, 0.6) is 5.88 Å².